The van der Waals surface area contributed by atoms with Crippen LogP contribution in [0.15, 0.2) is 61.7 Å². The number of H-pyrrole nitrogens is 2. The highest BCUT2D eigenvalue weighted by Crippen LogP contribution is 2.29. The van der Waals surface area contributed by atoms with Crippen molar-refractivity contribution in [3.05, 3.63) is 101 Å². The summed E-state index contributed by atoms with van der Waals surface area (Å²) in [6.45, 7) is 7.94. The number of allylic oxidation sites excluding steroid dienone is 1. The molecule has 4 N–H and O–H groups in total. The van der Waals surface area contributed by atoms with E-state index in [1.54, 1.807) is 12.1 Å². The lowest BCUT2D eigenvalue weighted by molar-refractivity contribution is -0.132. The van der Waals surface area contributed by atoms with E-state index in [4.69, 9.17) is 9.97 Å². The van der Waals surface area contributed by atoms with Crippen LogP contribution in [0.25, 0.3) is 52.4 Å². The van der Waals surface area contributed by atoms with Crippen LogP contribution < -0.4 is 0 Å². The molecule has 0 fully saturated rings. The smallest absolute Gasteiger partial charge is 0.328 e. The molecule has 0 saturated heterocycles. The first-order chi connectivity index (χ1) is 18.3. The molecule has 0 amide bonds. The molecule has 3 aromatic heterocycles. The maximum atomic E-state index is 11.4. The summed E-state index contributed by atoms with van der Waals surface area (Å²) < 4.78 is 0. The van der Waals surface area contributed by atoms with Crippen molar-refractivity contribution in [2.45, 2.75) is 12.3 Å². The lowest BCUT2D eigenvalue weighted by Gasteiger charge is -2.00. The number of aliphatic carboxylic acids is 2. The molecule has 8 bridgehead atoms. The first-order valence-corrected chi connectivity index (χ1v) is 11.9. The van der Waals surface area contributed by atoms with Gasteiger partial charge in [-0.2, -0.15) is 0 Å². The number of carbonyl (C=O) groups is 2. The van der Waals surface area contributed by atoms with Crippen LogP contribution in [-0.4, -0.2) is 42.1 Å². The van der Waals surface area contributed by atoms with Crippen LogP contribution in [-0.2, 0) is 16.0 Å². The van der Waals surface area contributed by atoms with E-state index in [1.807, 2.05) is 42.5 Å². The van der Waals surface area contributed by atoms with E-state index >= 15 is 0 Å². The molecule has 5 heterocycles. The van der Waals surface area contributed by atoms with E-state index in [2.05, 4.69) is 23.1 Å². The van der Waals surface area contributed by atoms with Gasteiger partial charge in [-0.25, -0.2) is 14.6 Å². The number of carboxylic acids is 2. The summed E-state index contributed by atoms with van der Waals surface area (Å²) in [4.78, 5) is 39.0. The molecule has 5 rings (SSSR count). The Morgan fingerprint density at radius 3 is 2.45 bits per heavy atom. The Hall–Kier alpha value is -5.24. The zero-order valence-corrected chi connectivity index (χ0v) is 20.3. The second kappa shape index (κ2) is 10.0. The number of fused-ring (bicyclic) bond motifs is 8. The molecule has 0 spiro atoms. The van der Waals surface area contributed by atoms with Gasteiger partial charge in [0, 0.05) is 63.4 Å². The van der Waals surface area contributed by atoms with E-state index in [1.165, 1.54) is 12.2 Å². The third kappa shape index (κ3) is 4.87. The van der Waals surface area contributed by atoms with Gasteiger partial charge in [0.1, 0.15) is 0 Å². The largest absolute Gasteiger partial charge is 0.478 e. The fourth-order valence-corrected chi connectivity index (χ4v) is 4.60. The van der Waals surface area contributed by atoms with Crippen LogP contribution in [0.4, 0.5) is 0 Å². The highest BCUT2D eigenvalue weighted by Gasteiger charge is 2.18. The molecule has 3 aromatic rings. The van der Waals surface area contributed by atoms with Crippen LogP contribution in [0.2, 0.25) is 0 Å². The van der Waals surface area contributed by atoms with Crippen molar-refractivity contribution >= 4 is 64.4 Å². The highest BCUT2D eigenvalue weighted by atomic mass is 16.4. The summed E-state index contributed by atoms with van der Waals surface area (Å²) in [6.07, 6.45) is 13.1. The van der Waals surface area contributed by atoms with Gasteiger partial charge in [0.15, 0.2) is 0 Å². The topological polar surface area (TPSA) is 132 Å². The van der Waals surface area contributed by atoms with E-state index < -0.39 is 11.9 Å². The molecule has 188 valence electrons. The Labute approximate surface area is 217 Å². The van der Waals surface area contributed by atoms with Gasteiger partial charge in [-0.1, -0.05) is 18.7 Å². The number of hydrogen-bond acceptors (Lipinski definition) is 4. The molecule has 0 aliphatic carbocycles. The monoisotopic (exact) mass is 504 g/mol. The first-order valence-electron chi connectivity index (χ1n) is 11.9. The van der Waals surface area contributed by atoms with Crippen molar-refractivity contribution in [1.29, 1.82) is 0 Å². The third-order valence-corrected chi connectivity index (χ3v) is 6.33. The minimum atomic E-state index is -1.11. The van der Waals surface area contributed by atoms with Gasteiger partial charge in [-0.3, -0.25) is 4.98 Å². The molecule has 8 heteroatoms. The van der Waals surface area contributed by atoms with Crippen LogP contribution >= 0.6 is 0 Å². The van der Waals surface area contributed by atoms with Crippen molar-refractivity contribution in [2.75, 3.05) is 0 Å². The predicted molar refractivity (Wildman–Crippen MR) is 150 cm³/mol. The molecule has 8 nitrogen and oxygen atoms in total. The Morgan fingerprint density at radius 1 is 0.921 bits per heavy atom. The van der Waals surface area contributed by atoms with Crippen molar-refractivity contribution in [3.63, 3.8) is 0 Å². The fraction of sp³-hybridized carbons (Fsp3) is 0.0667. The molecule has 2 aliphatic heterocycles. The van der Waals surface area contributed by atoms with Crippen LogP contribution in [0.3, 0.4) is 0 Å². The minimum Gasteiger partial charge on any atom is -0.478 e. The van der Waals surface area contributed by atoms with Gasteiger partial charge >= 0.3 is 11.9 Å². The number of rotatable bonds is 6. The molecule has 0 saturated carbocycles. The number of aromatic nitrogens is 4. The van der Waals surface area contributed by atoms with Gasteiger partial charge in [0.25, 0.3) is 0 Å². The number of hydrogen-bond donors (Lipinski definition) is 4. The van der Waals surface area contributed by atoms with Gasteiger partial charge in [-0.15, -0.1) is 6.58 Å². The normalized spacial score (nSPS) is 14.8. The summed E-state index contributed by atoms with van der Waals surface area (Å²) in [5.74, 6) is -2.16. The summed E-state index contributed by atoms with van der Waals surface area (Å²) in [5, 5.41) is 18.6. The van der Waals surface area contributed by atoms with E-state index in [0.29, 0.717) is 45.4 Å². The van der Waals surface area contributed by atoms with Gasteiger partial charge in [0.05, 0.1) is 22.6 Å². The molecular formula is C30H24N4O4. The van der Waals surface area contributed by atoms with Crippen molar-refractivity contribution in [2.24, 2.45) is 0 Å². The van der Waals surface area contributed by atoms with Crippen molar-refractivity contribution < 1.29 is 19.8 Å². The summed E-state index contributed by atoms with van der Waals surface area (Å²) in [6, 6.07) is 9.42. The molecule has 38 heavy (non-hydrogen) atoms. The summed E-state index contributed by atoms with van der Waals surface area (Å²) in [7, 11) is 0. The van der Waals surface area contributed by atoms with Gasteiger partial charge in [0.2, 0.25) is 0 Å². The molecule has 0 radical (unpaired) electrons. The van der Waals surface area contributed by atoms with Crippen molar-refractivity contribution in [1.82, 2.24) is 19.9 Å². The third-order valence-electron chi connectivity index (χ3n) is 6.33. The molecule has 0 aromatic carbocycles. The average Bonchev–Trinajstić information content (AvgIpc) is 3.67. The van der Waals surface area contributed by atoms with Crippen molar-refractivity contribution in [3.8, 4) is 0 Å². The molecule has 1 atom stereocenters. The fourth-order valence-electron chi connectivity index (χ4n) is 4.60. The van der Waals surface area contributed by atoms with Gasteiger partial charge < -0.3 is 20.2 Å². The second-order valence-corrected chi connectivity index (χ2v) is 8.83. The van der Waals surface area contributed by atoms with Crippen LogP contribution in [0, 0.1) is 0 Å². The Bertz CT molecular complexity index is 1750. The van der Waals surface area contributed by atoms with E-state index in [0.717, 1.165) is 34.8 Å². The first kappa shape index (κ1) is 24.5. The Balaban J connectivity index is 1.96. The van der Waals surface area contributed by atoms with Crippen LogP contribution in [0.1, 0.15) is 45.4 Å². The highest BCUT2D eigenvalue weighted by molar-refractivity contribution is 5.97. The standard InChI is InChI=1S/C30H24N4O4/c1-3-17-13-21-15-19-6-10-25(31-19)23(8-12-29(37)38)30-18(5-11-28(35)36)14-27(34-30)22(4-2)24-9-7-20(32-24)16-26(17)33-21/h3-12,14-17,31,34H,1-2,13H2,(H,35,36)(H,37,38)/b11-5-,12-8+,19-15?,20-16?,21-15?,24-22?,25-23?,26-16?,27-22?,30-23?. The average molecular weight is 505 g/mol. The number of carboxylic acid groups (broad SMARTS) is 2. The number of nitrogens with zero attached hydrogens (tertiary/aromatic N) is 2. The minimum absolute atomic E-state index is 0.0594. The predicted octanol–water partition coefficient (Wildman–Crippen LogP) is 5.84. The zero-order chi connectivity index (χ0) is 26.8. The van der Waals surface area contributed by atoms with E-state index in [9.17, 15) is 19.8 Å². The lowest BCUT2D eigenvalue weighted by Crippen LogP contribution is -1.91. The quantitative estimate of drug-likeness (QED) is 0.193. The number of aromatic amines is 2. The Morgan fingerprint density at radius 2 is 1.71 bits per heavy atom. The lowest BCUT2D eigenvalue weighted by atomic mass is 10.0. The maximum Gasteiger partial charge on any atom is 0.328 e. The zero-order valence-electron chi connectivity index (χ0n) is 20.3. The summed E-state index contributed by atoms with van der Waals surface area (Å²) >= 11 is 0. The number of nitrogens with one attached hydrogen (secondary N) is 2. The molecular weight excluding hydrogens is 480 g/mol. The SMILES string of the molecule is C=Cc1c2nc(cc3nc(cc4ccc([nH]4)c(/C=C/C(=O)O)c4[nH]c1cc4/C=C\C(=O)O)CC3C=C)C=C2. The Kier molecular flexibility index (Phi) is 6.45. The molecule has 2 aliphatic rings. The maximum absolute atomic E-state index is 11.4. The summed E-state index contributed by atoms with van der Waals surface area (Å²) in [5.41, 5.74) is 7.58. The van der Waals surface area contributed by atoms with E-state index in [-0.39, 0.29) is 5.92 Å². The molecule has 1 unspecified atom stereocenters. The van der Waals surface area contributed by atoms with Crippen LogP contribution in [0.5, 0.6) is 0 Å². The van der Waals surface area contributed by atoms with Gasteiger partial charge in [-0.05, 0) is 54.6 Å². The second-order valence-electron chi connectivity index (χ2n) is 8.83.